The molecule has 0 bridgehead atoms. The molecule has 2 aliphatic rings. The molecule has 172 valence electrons. The zero-order valence-corrected chi connectivity index (χ0v) is 18.6. The number of fused-ring (bicyclic) bond motifs is 2. The third-order valence-corrected chi connectivity index (χ3v) is 6.37. The topological polar surface area (TPSA) is 94.9 Å². The van der Waals surface area contributed by atoms with E-state index in [1.165, 1.54) is 0 Å². The lowest BCUT2D eigenvalue weighted by Gasteiger charge is -2.14. The Balaban J connectivity index is 1.36. The summed E-state index contributed by atoms with van der Waals surface area (Å²) in [5, 5.41) is 6.55. The maximum atomic E-state index is 13.2. The van der Waals surface area contributed by atoms with E-state index in [2.05, 4.69) is 20.4 Å². The maximum Gasteiger partial charge on any atom is 0.238 e. The number of nitrogens with zero attached hydrogens (tertiary/aromatic N) is 2. The SMILES string of the molecule is O=C(CN1CCCC1)Nc1ccc2oc3ccc(NC(=O)CN4CCCC4)cc3c(=O)c2c1. The number of hydrogen-bond donors (Lipinski definition) is 2. The molecule has 0 saturated carbocycles. The van der Waals surface area contributed by atoms with Crippen molar-refractivity contribution in [1.29, 1.82) is 0 Å². The molecule has 8 nitrogen and oxygen atoms in total. The number of benzene rings is 2. The highest BCUT2D eigenvalue weighted by Gasteiger charge is 2.17. The van der Waals surface area contributed by atoms with Crippen LogP contribution in [0.2, 0.25) is 0 Å². The van der Waals surface area contributed by atoms with Gasteiger partial charge in [0, 0.05) is 11.4 Å². The number of carbonyl (C=O) groups excluding carboxylic acids is 2. The molecule has 0 aliphatic carbocycles. The quantitative estimate of drug-likeness (QED) is 0.563. The van der Waals surface area contributed by atoms with Crippen molar-refractivity contribution < 1.29 is 14.0 Å². The summed E-state index contributed by atoms with van der Waals surface area (Å²) < 4.78 is 5.92. The summed E-state index contributed by atoms with van der Waals surface area (Å²) in [5.74, 6) is -0.186. The van der Waals surface area contributed by atoms with Crippen LogP contribution >= 0.6 is 0 Å². The number of likely N-dealkylation sites (tertiary alicyclic amines) is 2. The van der Waals surface area contributed by atoms with E-state index >= 15 is 0 Å². The lowest BCUT2D eigenvalue weighted by atomic mass is 10.1. The zero-order valence-electron chi connectivity index (χ0n) is 18.6. The Bertz CT molecular complexity index is 1160. The fourth-order valence-electron chi connectivity index (χ4n) is 4.70. The summed E-state index contributed by atoms with van der Waals surface area (Å²) in [4.78, 5) is 42.2. The van der Waals surface area contributed by atoms with Crippen molar-refractivity contribution in [2.75, 3.05) is 49.9 Å². The first-order chi connectivity index (χ1) is 16.0. The van der Waals surface area contributed by atoms with Gasteiger partial charge in [0.2, 0.25) is 17.2 Å². The van der Waals surface area contributed by atoms with Crippen LogP contribution in [-0.2, 0) is 9.59 Å². The minimum atomic E-state index is -0.197. The molecule has 2 fully saturated rings. The molecular formula is C25H28N4O4. The molecule has 2 aliphatic heterocycles. The van der Waals surface area contributed by atoms with Gasteiger partial charge in [0.05, 0.1) is 23.9 Å². The smallest absolute Gasteiger partial charge is 0.238 e. The molecule has 0 atom stereocenters. The first-order valence-electron chi connectivity index (χ1n) is 11.6. The molecule has 33 heavy (non-hydrogen) atoms. The number of hydrogen-bond acceptors (Lipinski definition) is 6. The van der Waals surface area contributed by atoms with Gasteiger partial charge in [-0.3, -0.25) is 24.2 Å². The summed E-state index contributed by atoms with van der Waals surface area (Å²) in [7, 11) is 0. The van der Waals surface area contributed by atoms with E-state index in [0.29, 0.717) is 46.4 Å². The Kier molecular flexibility index (Phi) is 6.11. The van der Waals surface area contributed by atoms with Crippen LogP contribution in [-0.4, -0.2) is 60.9 Å². The number of nitrogens with one attached hydrogen (secondary N) is 2. The van der Waals surface area contributed by atoms with Gasteiger partial charge in [-0.1, -0.05) is 0 Å². The second-order valence-electron chi connectivity index (χ2n) is 8.92. The maximum absolute atomic E-state index is 13.2. The first-order valence-corrected chi connectivity index (χ1v) is 11.6. The monoisotopic (exact) mass is 448 g/mol. The first kappa shape index (κ1) is 21.6. The molecule has 2 amide bonds. The highest BCUT2D eigenvalue weighted by Crippen LogP contribution is 2.24. The molecule has 0 unspecified atom stereocenters. The number of rotatable bonds is 6. The van der Waals surface area contributed by atoms with Gasteiger partial charge in [0.25, 0.3) is 0 Å². The Hall–Kier alpha value is -3.23. The van der Waals surface area contributed by atoms with E-state index in [-0.39, 0.29) is 17.2 Å². The number of carbonyl (C=O) groups is 2. The van der Waals surface area contributed by atoms with Gasteiger partial charge in [-0.15, -0.1) is 0 Å². The molecule has 0 radical (unpaired) electrons. The summed E-state index contributed by atoms with van der Waals surface area (Å²) in [5.41, 5.74) is 1.84. The van der Waals surface area contributed by atoms with Crippen LogP contribution in [0.5, 0.6) is 0 Å². The van der Waals surface area contributed by atoms with Crippen molar-refractivity contribution in [3.05, 3.63) is 46.6 Å². The standard InChI is InChI=1S/C25H28N4O4/c30-23(15-28-9-1-2-10-28)26-17-5-7-21-19(13-17)25(32)20-14-18(6-8-22(20)33-21)27-24(31)16-29-11-3-4-12-29/h5-8,13-14H,1-4,9-12,15-16H2,(H,26,30)(H,27,31). The minimum absolute atomic E-state index is 0.0931. The third-order valence-electron chi connectivity index (χ3n) is 6.37. The highest BCUT2D eigenvalue weighted by atomic mass is 16.3. The Labute approximate surface area is 191 Å². The van der Waals surface area contributed by atoms with Crippen molar-refractivity contribution in [1.82, 2.24) is 9.80 Å². The molecule has 3 aromatic rings. The van der Waals surface area contributed by atoms with Crippen LogP contribution in [0.25, 0.3) is 21.9 Å². The fraction of sp³-hybridized carbons (Fsp3) is 0.400. The van der Waals surface area contributed by atoms with E-state index in [4.69, 9.17) is 4.42 Å². The molecule has 8 heteroatoms. The van der Waals surface area contributed by atoms with Crippen molar-refractivity contribution in [3.8, 4) is 0 Å². The summed E-state index contributed by atoms with van der Waals surface area (Å²) in [6, 6.07) is 10.2. The van der Waals surface area contributed by atoms with Gasteiger partial charge in [0.1, 0.15) is 11.2 Å². The molecule has 5 rings (SSSR count). The van der Waals surface area contributed by atoms with E-state index < -0.39 is 0 Å². The Morgan fingerprint density at radius 3 is 1.58 bits per heavy atom. The van der Waals surface area contributed by atoms with Gasteiger partial charge in [-0.25, -0.2) is 0 Å². The average Bonchev–Trinajstić information content (AvgIpc) is 3.49. The van der Waals surface area contributed by atoms with Gasteiger partial charge < -0.3 is 15.1 Å². The molecule has 1 aromatic heterocycles. The van der Waals surface area contributed by atoms with Crippen LogP contribution in [0.3, 0.4) is 0 Å². The van der Waals surface area contributed by atoms with E-state index in [1.807, 2.05) is 0 Å². The lowest BCUT2D eigenvalue weighted by molar-refractivity contribution is -0.117. The molecular weight excluding hydrogens is 420 g/mol. The molecule has 2 saturated heterocycles. The second kappa shape index (κ2) is 9.33. The number of amides is 2. The van der Waals surface area contributed by atoms with Crippen LogP contribution in [0.4, 0.5) is 11.4 Å². The normalized spacial score (nSPS) is 17.1. The van der Waals surface area contributed by atoms with Crippen molar-refractivity contribution in [2.24, 2.45) is 0 Å². The summed E-state index contributed by atoms with van der Waals surface area (Å²) >= 11 is 0. The third kappa shape index (κ3) is 4.91. The largest absolute Gasteiger partial charge is 0.456 e. The average molecular weight is 449 g/mol. The Morgan fingerprint density at radius 1 is 0.727 bits per heavy atom. The van der Waals surface area contributed by atoms with Crippen LogP contribution in [0.15, 0.2) is 45.6 Å². The van der Waals surface area contributed by atoms with E-state index in [1.54, 1.807) is 36.4 Å². The summed E-state index contributed by atoms with van der Waals surface area (Å²) in [6.45, 7) is 4.47. The minimum Gasteiger partial charge on any atom is -0.456 e. The Morgan fingerprint density at radius 2 is 1.15 bits per heavy atom. The van der Waals surface area contributed by atoms with Gasteiger partial charge in [0.15, 0.2) is 0 Å². The summed E-state index contributed by atoms with van der Waals surface area (Å²) in [6.07, 6.45) is 4.49. The number of anilines is 2. The second-order valence-corrected chi connectivity index (χ2v) is 8.92. The highest BCUT2D eigenvalue weighted by molar-refractivity contribution is 5.98. The van der Waals surface area contributed by atoms with Crippen molar-refractivity contribution >= 4 is 45.1 Å². The van der Waals surface area contributed by atoms with Gasteiger partial charge >= 0.3 is 0 Å². The van der Waals surface area contributed by atoms with Crippen molar-refractivity contribution in [2.45, 2.75) is 25.7 Å². The van der Waals surface area contributed by atoms with Crippen molar-refractivity contribution in [3.63, 3.8) is 0 Å². The van der Waals surface area contributed by atoms with Gasteiger partial charge in [-0.2, -0.15) is 0 Å². The fourth-order valence-corrected chi connectivity index (χ4v) is 4.70. The van der Waals surface area contributed by atoms with Gasteiger partial charge in [-0.05, 0) is 88.3 Å². The molecule has 2 N–H and O–H groups in total. The molecule has 3 heterocycles. The predicted molar refractivity (Wildman–Crippen MR) is 129 cm³/mol. The zero-order chi connectivity index (χ0) is 22.8. The van der Waals surface area contributed by atoms with Crippen LogP contribution in [0, 0.1) is 0 Å². The molecule has 2 aromatic carbocycles. The predicted octanol–water partition coefficient (Wildman–Crippen LogP) is 3.01. The molecule has 0 spiro atoms. The van der Waals surface area contributed by atoms with Crippen LogP contribution < -0.4 is 16.1 Å². The van der Waals surface area contributed by atoms with E-state index in [0.717, 1.165) is 51.9 Å². The van der Waals surface area contributed by atoms with Crippen LogP contribution in [0.1, 0.15) is 25.7 Å². The lowest BCUT2D eigenvalue weighted by Crippen LogP contribution is -2.30. The van der Waals surface area contributed by atoms with E-state index in [9.17, 15) is 14.4 Å².